The Morgan fingerprint density at radius 2 is 1.81 bits per heavy atom. The van der Waals surface area contributed by atoms with Gasteiger partial charge in [-0.15, -0.1) is 0 Å². The molecule has 4 rings (SSSR count). The number of fused-ring (bicyclic) bond motifs is 1. The Labute approximate surface area is 179 Å². The maximum absolute atomic E-state index is 12.3. The normalized spacial score (nSPS) is 13.8. The maximum atomic E-state index is 12.3. The number of benzene rings is 1. The molecule has 1 N–H and O–H groups in total. The maximum Gasteiger partial charge on any atom is 0.251 e. The van der Waals surface area contributed by atoms with Crippen LogP contribution in [0.1, 0.15) is 40.9 Å². The highest BCUT2D eigenvalue weighted by atomic mass is 16.5. The third kappa shape index (κ3) is 4.91. The molecule has 3 amide bonds. The number of aromatic nitrogens is 2. The number of hydrogen-bond donors (Lipinski definition) is 1. The van der Waals surface area contributed by atoms with E-state index < -0.39 is 0 Å². The Kier molecular flexibility index (Phi) is 5.97. The highest BCUT2D eigenvalue weighted by Crippen LogP contribution is 2.15. The number of nitrogens with zero attached hydrogens (tertiary/aromatic N) is 3. The lowest BCUT2D eigenvalue weighted by Crippen LogP contribution is -2.33. The van der Waals surface area contributed by atoms with Gasteiger partial charge >= 0.3 is 0 Å². The minimum absolute atomic E-state index is 0.134. The third-order valence-electron chi connectivity index (χ3n) is 5.15. The molecule has 3 heterocycles. The van der Waals surface area contributed by atoms with E-state index in [1.165, 1.54) is 4.90 Å². The first kappa shape index (κ1) is 20.6. The summed E-state index contributed by atoms with van der Waals surface area (Å²) in [5.74, 6) is 0.175. The molecule has 1 aromatic carbocycles. The summed E-state index contributed by atoms with van der Waals surface area (Å²) in [5.41, 5.74) is 3.37. The second-order valence-corrected chi connectivity index (χ2v) is 7.57. The molecular weight excluding hydrogens is 396 g/mol. The Morgan fingerprint density at radius 1 is 1.06 bits per heavy atom. The number of carbonyl (C=O) groups excluding carboxylic acids is 3. The SMILES string of the molecule is Cc1ccc2nc(COc3ccc(C(=O)NCCCN4C(=O)CCC4=O)cc3)cn2c1. The largest absolute Gasteiger partial charge is 0.487 e. The van der Waals surface area contributed by atoms with Crippen LogP contribution in [0.3, 0.4) is 0 Å². The van der Waals surface area contributed by atoms with Crippen LogP contribution in [0.25, 0.3) is 5.65 Å². The molecule has 0 radical (unpaired) electrons. The zero-order chi connectivity index (χ0) is 21.8. The molecule has 3 aromatic rings. The van der Waals surface area contributed by atoms with Gasteiger partial charge in [-0.2, -0.15) is 0 Å². The fourth-order valence-electron chi connectivity index (χ4n) is 3.50. The van der Waals surface area contributed by atoms with Gasteiger partial charge in [-0.3, -0.25) is 19.3 Å². The summed E-state index contributed by atoms with van der Waals surface area (Å²) >= 11 is 0. The number of carbonyl (C=O) groups is 3. The predicted octanol–water partition coefficient (Wildman–Crippen LogP) is 2.49. The number of pyridine rings is 1. The molecular formula is C23H24N4O4. The molecule has 1 aliphatic rings. The highest BCUT2D eigenvalue weighted by molar-refractivity contribution is 6.01. The number of likely N-dealkylation sites (tertiary alicyclic amines) is 1. The van der Waals surface area contributed by atoms with E-state index in [-0.39, 0.29) is 30.6 Å². The summed E-state index contributed by atoms with van der Waals surface area (Å²) in [6.45, 7) is 3.10. The van der Waals surface area contributed by atoms with Crippen LogP contribution in [0.4, 0.5) is 0 Å². The number of aryl methyl sites for hydroxylation is 1. The quantitative estimate of drug-likeness (QED) is 0.446. The van der Waals surface area contributed by atoms with E-state index in [4.69, 9.17) is 4.74 Å². The fourth-order valence-corrected chi connectivity index (χ4v) is 3.50. The van der Waals surface area contributed by atoms with Crippen molar-refractivity contribution in [2.45, 2.75) is 32.8 Å². The summed E-state index contributed by atoms with van der Waals surface area (Å²) < 4.78 is 7.75. The van der Waals surface area contributed by atoms with Gasteiger partial charge in [0.25, 0.3) is 5.91 Å². The molecule has 31 heavy (non-hydrogen) atoms. The molecule has 8 heteroatoms. The van der Waals surface area contributed by atoms with E-state index in [0.717, 1.165) is 16.9 Å². The first-order valence-corrected chi connectivity index (χ1v) is 10.3. The Morgan fingerprint density at radius 3 is 2.55 bits per heavy atom. The molecule has 0 aliphatic carbocycles. The zero-order valence-corrected chi connectivity index (χ0v) is 17.3. The first-order chi connectivity index (χ1) is 15.0. The van der Waals surface area contributed by atoms with E-state index in [1.54, 1.807) is 24.3 Å². The van der Waals surface area contributed by atoms with Crippen molar-refractivity contribution in [3.63, 3.8) is 0 Å². The van der Waals surface area contributed by atoms with Crippen LogP contribution in [0.5, 0.6) is 5.75 Å². The van der Waals surface area contributed by atoms with Gasteiger partial charge in [0.2, 0.25) is 11.8 Å². The van der Waals surface area contributed by atoms with Gasteiger partial charge in [0, 0.05) is 43.9 Å². The van der Waals surface area contributed by atoms with E-state index in [2.05, 4.69) is 10.3 Å². The average Bonchev–Trinajstić information content (AvgIpc) is 3.32. The summed E-state index contributed by atoms with van der Waals surface area (Å²) in [6, 6.07) is 10.9. The lowest BCUT2D eigenvalue weighted by molar-refractivity contribution is -0.138. The van der Waals surface area contributed by atoms with Gasteiger partial charge in [-0.25, -0.2) is 4.98 Å². The van der Waals surface area contributed by atoms with Crippen LogP contribution < -0.4 is 10.1 Å². The number of imide groups is 1. The summed E-state index contributed by atoms with van der Waals surface area (Å²) in [6.07, 6.45) is 5.06. The standard InChI is InChI=1S/C23H24N4O4/c1-16-3-8-20-25-18(14-26(20)13-16)15-31-19-6-4-17(5-7-19)23(30)24-11-2-12-27-21(28)9-10-22(27)29/h3-8,13-14H,2,9-12,15H2,1H3,(H,24,30). The van der Waals surface area contributed by atoms with Gasteiger partial charge in [0.15, 0.2) is 0 Å². The molecule has 2 aromatic heterocycles. The molecule has 0 unspecified atom stereocenters. The van der Waals surface area contributed by atoms with E-state index in [9.17, 15) is 14.4 Å². The molecule has 0 atom stereocenters. The van der Waals surface area contributed by atoms with Gasteiger partial charge in [0.05, 0.1) is 5.69 Å². The minimum Gasteiger partial charge on any atom is -0.487 e. The minimum atomic E-state index is -0.207. The number of nitrogens with one attached hydrogen (secondary N) is 1. The number of hydrogen-bond acceptors (Lipinski definition) is 5. The summed E-state index contributed by atoms with van der Waals surface area (Å²) in [7, 11) is 0. The average molecular weight is 420 g/mol. The van der Waals surface area contributed by atoms with E-state index in [0.29, 0.717) is 37.4 Å². The summed E-state index contributed by atoms with van der Waals surface area (Å²) in [4.78, 5) is 41.2. The Bertz CT molecular complexity index is 1100. The highest BCUT2D eigenvalue weighted by Gasteiger charge is 2.27. The number of amides is 3. The van der Waals surface area contributed by atoms with Crippen molar-refractivity contribution in [3.05, 3.63) is 65.6 Å². The molecule has 0 spiro atoms. The first-order valence-electron chi connectivity index (χ1n) is 10.3. The van der Waals surface area contributed by atoms with Crippen molar-refractivity contribution in [1.82, 2.24) is 19.6 Å². The predicted molar refractivity (Wildman–Crippen MR) is 114 cm³/mol. The molecule has 0 bridgehead atoms. The van der Waals surface area contributed by atoms with Crippen molar-refractivity contribution in [2.75, 3.05) is 13.1 Å². The number of imidazole rings is 1. The fraction of sp³-hybridized carbons (Fsp3) is 0.304. The second kappa shape index (κ2) is 8.99. The van der Waals surface area contributed by atoms with Crippen molar-refractivity contribution >= 4 is 23.4 Å². The Hall–Kier alpha value is -3.68. The monoisotopic (exact) mass is 420 g/mol. The molecule has 1 aliphatic heterocycles. The van der Waals surface area contributed by atoms with Crippen LogP contribution in [0.2, 0.25) is 0 Å². The van der Waals surface area contributed by atoms with Crippen molar-refractivity contribution < 1.29 is 19.1 Å². The lowest BCUT2D eigenvalue weighted by atomic mass is 10.2. The molecule has 1 saturated heterocycles. The van der Waals surface area contributed by atoms with Crippen molar-refractivity contribution in [3.8, 4) is 5.75 Å². The second-order valence-electron chi connectivity index (χ2n) is 7.57. The zero-order valence-electron chi connectivity index (χ0n) is 17.3. The third-order valence-corrected chi connectivity index (χ3v) is 5.15. The topological polar surface area (TPSA) is 93.0 Å². The summed E-state index contributed by atoms with van der Waals surface area (Å²) in [5, 5.41) is 2.81. The molecule has 1 fully saturated rings. The van der Waals surface area contributed by atoms with E-state index in [1.807, 2.05) is 35.9 Å². The van der Waals surface area contributed by atoms with E-state index >= 15 is 0 Å². The van der Waals surface area contributed by atoms with Crippen LogP contribution in [-0.2, 0) is 16.2 Å². The van der Waals surface area contributed by atoms with Crippen LogP contribution >= 0.6 is 0 Å². The van der Waals surface area contributed by atoms with Crippen molar-refractivity contribution in [2.24, 2.45) is 0 Å². The number of ether oxygens (including phenoxy) is 1. The molecule has 160 valence electrons. The Balaban J connectivity index is 1.24. The van der Waals surface area contributed by atoms with Crippen LogP contribution in [0.15, 0.2) is 48.8 Å². The van der Waals surface area contributed by atoms with Gasteiger partial charge < -0.3 is 14.5 Å². The van der Waals surface area contributed by atoms with Gasteiger partial charge in [0.1, 0.15) is 18.0 Å². The van der Waals surface area contributed by atoms with Gasteiger partial charge in [-0.1, -0.05) is 6.07 Å². The van der Waals surface area contributed by atoms with Crippen molar-refractivity contribution in [1.29, 1.82) is 0 Å². The molecule has 0 saturated carbocycles. The van der Waals surface area contributed by atoms with Crippen LogP contribution in [0, 0.1) is 6.92 Å². The smallest absolute Gasteiger partial charge is 0.251 e. The van der Waals surface area contributed by atoms with Gasteiger partial charge in [-0.05, 0) is 49.2 Å². The van der Waals surface area contributed by atoms with Crippen LogP contribution in [-0.4, -0.2) is 45.1 Å². The molecule has 8 nitrogen and oxygen atoms in total. The lowest BCUT2D eigenvalue weighted by Gasteiger charge is -2.13. The number of rotatable bonds is 8.